The molecular formula is C21H32IN5O2. The molecule has 0 spiro atoms. The summed E-state index contributed by atoms with van der Waals surface area (Å²) in [5.41, 5.74) is 1.02. The Balaban J connectivity index is 0.00000240. The normalized spacial score (nSPS) is 20.0. The molecule has 29 heavy (non-hydrogen) atoms. The maximum Gasteiger partial charge on any atom is 0.191 e. The number of aliphatic imine (C=N–C) groups is 1. The molecule has 1 aliphatic heterocycles. The van der Waals surface area contributed by atoms with Gasteiger partial charge in [0, 0.05) is 38.2 Å². The Bertz CT molecular complexity index is 734. The van der Waals surface area contributed by atoms with Crippen molar-refractivity contribution in [2.45, 2.75) is 51.1 Å². The summed E-state index contributed by atoms with van der Waals surface area (Å²) in [5, 5.41) is 11.6. The zero-order valence-electron chi connectivity index (χ0n) is 16.9. The lowest BCUT2D eigenvalue weighted by atomic mass is 10.1. The number of halogens is 1. The molecule has 7 nitrogen and oxygen atoms in total. The van der Waals surface area contributed by atoms with Gasteiger partial charge in [0.15, 0.2) is 5.96 Å². The minimum absolute atomic E-state index is 0. The first-order chi connectivity index (χ1) is 13.9. The number of ether oxygens (including phenoxy) is 1. The highest BCUT2D eigenvalue weighted by Crippen LogP contribution is 2.28. The monoisotopic (exact) mass is 513 g/mol. The van der Waals surface area contributed by atoms with E-state index in [9.17, 15) is 0 Å². The van der Waals surface area contributed by atoms with Crippen molar-refractivity contribution < 1.29 is 9.15 Å². The van der Waals surface area contributed by atoms with Crippen molar-refractivity contribution in [1.82, 2.24) is 20.4 Å². The van der Waals surface area contributed by atoms with Crippen LogP contribution in [0.3, 0.4) is 0 Å². The van der Waals surface area contributed by atoms with Gasteiger partial charge in [0.2, 0.25) is 0 Å². The van der Waals surface area contributed by atoms with E-state index in [1.165, 1.54) is 25.7 Å². The third-order valence-electron chi connectivity index (χ3n) is 5.59. The van der Waals surface area contributed by atoms with Crippen molar-refractivity contribution in [2.75, 3.05) is 26.3 Å². The van der Waals surface area contributed by atoms with Crippen LogP contribution < -0.4 is 10.6 Å². The first kappa shape index (κ1) is 22.1. The highest BCUT2D eigenvalue weighted by molar-refractivity contribution is 14.0. The lowest BCUT2D eigenvalue weighted by Gasteiger charge is -2.14. The third-order valence-corrected chi connectivity index (χ3v) is 5.59. The van der Waals surface area contributed by atoms with E-state index in [1.807, 2.05) is 12.1 Å². The van der Waals surface area contributed by atoms with Gasteiger partial charge in [-0.25, -0.2) is 4.99 Å². The van der Waals surface area contributed by atoms with E-state index >= 15 is 0 Å². The van der Waals surface area contributed by atoms with Gasteiger partial charge in [-0.1, -0.05) is 12.8 Å². The molecule has 2 fully saturated rings. The molecule has 1 saturated carbocycles. The van der Waals surface area contributed by atoms with E-state index in [0.717, 1.165) is 56.6 Å². The predicted octanol–water partition coefficient (Wildman–Crippen LogP) is 3.52. The molecule has 2 aliphatic rings. The zero-order valence-corrected chi connectivity index (χ0v) is 19.2. The summed E-state index contributed by atoms with van der Waals surface area (Å²) in [6, 6.07) is 6.58. The van der Waals surface area contributed by atoms with E-state index in [-0.39, 0.29) is 24.0 Å². The minimum atomic E-state index is 0. The molecule has 2 aromatic heterocycles. The van der Waals surface area contributed by atoms with E-state index in [4.69, 9.17) is 19.2 Å². The molecule has 8 heteroatoms. The van der Waals surface area contributed by atoms with E-state index in [1.54, 1.807) is 6.26 Å². The fourth-order valence-electron chi connectivity index (χ4n) is 3.91. The van der Waals surface area contributed by atoms with Crippen LogP contribution in [0.15, 0.2) is 40.1 Å². The van der Waals surface area contributed by atoms with Crippen LogP contribution >= 0.6 is 24.0 Å². The van der Waals surface area contributed by atoms with Gasteiger partial charge in [0.25, 0.3) is 0 Å². The quantitative estimate of drug-likeness (QED) is 0.321. The maximum atomic E-state index is 5.47. The van der Waals surface area contributed by atoms with Crippen LogP contribution in [0, 0.1) is 5.92 Å². The van der Waals surface area contributed by atoms with Crippen molar-refractivity contribution in [3.8, 4) is 0 Å². The fourth-order valence-corrected chi connectivity index (χ4v) is 3.91. The molecule has 1 atom stereocenters. The summed E-state index contributed by atoms with van der Waals surface area (Å²) < 4.78 is 13.0. The second-order valence-corrected chi connectivity index (χ2v) is 7.76. The SMILES string of the molecule is I.c1coc(CCNC(=NCc2ccn(C3CCCC3)n2)NCC2CCOC2)c1. The van der Waals surface area contributed by atoms with E-state index in [2.05, 4.69) is 27.6 Å². The molecule has 4 rings (SSSR count). The van der Waals surface area contributed by atoms with Crippen LogP contribution in [-0.4, -0.2) is 42.0 Å². The number of nitrogens with one attached hydrogen (secondary N) is 2. The third kappa shape index (κ3) is 6.74. The number of aromatic nitrogens is 2. The second kappa shape index (κ2) is 11.6. The average molecular weight is 513 g/mol. The Morgan fingerprint density at radius 1 is 1.21 bits per heavy atom. The van der Waals surface area contributed by atoms with Crippen molar-refractivity contribution >= 4 is 29.9 Å². The number of rotatable bonds is 8. The summed E-state index contributed by atoms with van der Waals surface area (Å²) in [6.45, 7) is 3.93. The largest absolute Gasteiger partial charge is 0.469 e. The Hall–Kier alpha value is -1.55. The molecule has 0 aromatic carbocycles. The molecule has 2 N–H and O–H groups in total. The van der Waals surface area contributed by atoms with Crippen molar-refractivity contribution in [3.05, 3.63) is 42.1 Å². The molecule has 2 aromatic rings. The molecular weight excluding hydrogens is 481 g/mol. The highest BCUT2D eigenvalue weighted by atomic mass is 127. The van der Waals surface area contributed by atoms with Crippen LogP contribution in [0.2, 0.25) is 0 Å². The maximum absolute atomic E-state index is 5.47. The Morgan fingerprint density at radius 2 is 2.10 bits per heavy atom. The molecule has 1 unspecified atom stereocenters. The summed E-state index contributed by atoms with van der Waals surface area (Å²) in [7, 11) is 0. The number of hydrogen-bond donors (Lipinski definition) is 2. The van der Waals surface area contributed by atoms with Crippen molar-refractivity contribution in [2.24, 2.45) is 10.9 Å². The summed E-state index contributed by atoms with van der Waals surface area (Å²) in [4.78, 5) is 4.76. The lowest BCUT2D eigenvalue weighted by molar-refractivity contribution is 0.186. The molecule has 3 heterocycles. The summed E-state index contributed by atoms with van der Waals surface area (Å²) in [6.07, 6.45) is 10.9. The zero-order chi connectivity index (χ0) is 19.0. The fraction of sp³-hybridized carbons (Fsp3) is 0.619. The number of guanidine groups is 1. The smallest absolute Gasteiger partial charge is 0.191 e. The van der Waals surface area contributed by atoms with E-state index < -0.39 is 0 Å². The van der Waals surface area contributed by atoms with Gasteiger partial charge in [-0.2, -0.15) is 5.10 Å². The molecule has 0 radical (unpaired) electrons. The van der Waals surface area contributed by atoms with Gasteiger partial charge in [-0.05, 0) is 37.5 Å². The van der Waals surface area contributed by atoms with Crippen LogP contribution in [0.5, 0.6) is 0 Å². The second-order valence-electron chi connectivity index (χ2n) is 7.76. The number of furan rings is 1. The van der Waals surface area contributed by atoms with Gasteiger partial charge in [-0.3, -0.25) is 4.68 Å². The topological polar surface area (TPSA) is 76.6 Å². The van der Waals surface area contributed by atoms with Gasteiger partial charge in [0.05, 0.1) is 31.2 Å². The van der Waals surface area contributed by atoms with Gasteiger partial charge < -0.3 is 19.8 Å². The van der Waals surface area contributed by atoms with Gasteiger partial charge in [-0.15, -0.1) is 24.0 Å². The van der Waals surface area contributed by atoms with Crippen LogP contribution in [0.4, 0.5) is 0 Å². The molecule has 1 saturated heterocycles. The number of nitrogens with zero attached hydrogens (tertiary/aromatic N) is 3. The van der Waals surface area contributed by atoms with Crippen molar-refractivity contribution in [1.29, 1.82) is 0 Å². The predicted molar refractivity (Wildman–Crippen MR) is 124 cm³/mol. The highest BCUT2D eigenvalue weighted by Gasteiger charge is 2.18. The Kier molecular flexibility index (Phi) is 8.85. The average Bonchev–Trinajstić information content (AvgIpc) is 3.50. The first-order valence-corrected chi connectivity index (χ1v) is 10.5. The lowest BCUT2D eigenvalue weighted by Crippen LogP contribution is -2.40. The molecule has 160 valence electrons. The standard InChI is InChI=1S/C21H31N5O2.HI/c1-2-5-19(4-1)26-11-8-18(25-26)15-24-21(23-14-17-9-13-27-16-17)22-10-7-20-6-3-12-28-20;/h3,6,8,11-12,17,19H,1-2,4-5,7,9-10,13-16H2,(H2,22,23,24);1H. The molecule has 0 bridgehead atoms. The van der Waals surface area contributed by atoms with Crippen LogP contribution in [-0.2, 0) is 17.7 Å². The molecule has 0 amide bonds. The number of hydrogen-bond acceptors (Lipinski definition) is 4. The summed E-state index contributed by atoms with van der Waals surface area (Å²) in [5.74, 6) is 2.36. The Morgan fingerprint density at radius 3 is 2.86 bits per heavy atom. The first-order valence-electron chi connectivity index (χ1n) is 10.5. The van der Waals surface area contributed by atoms with Crippen molar-refractivity contribution in [3.63, 3.8) is 0 Å². The summed E-state index contributed by atoms with van der Waals surface area (Å²) >= 11 is 0. The van der Waals surface area contributed by atoms with Crippen LogP contribution in [0.1, 0.15) is 49.6 Å². The van der Waals surface area contributed by atoms with Gasteiger partial charge in [0.1, 0.15) is 5.76 Å². The van der Waals surface area contributed by atoms with E-state index in [0.29, 0.717) is 18.5 Å². The minimum Gasteiger partial charge on any atom is -0.469 e. The van der Waals surface area contributed by atoms with Crippen LogP contribution in [0.25, 0.3) is 0 Å². The molecule has 1 aliphatic carbocycles. The van der Waals surface area contributed by atoms with Gasteiger partial charge >= 0.3 is 0 Å². The Labute approximate surface area is 189 Å².